The Labute approximate surface area is 180 Å². The maximum absolute atomic E-state index is 12.7. The van der Waals surface area contributed by atoms with E-state index in [4.69, 9.17) is 27.9 Å². The van der Waals surface area contributed by atoms with Gasteiger partial charge >= 0.3 is 0 Å². The maximum atomic E-state index is 12.7. The molecule has 1 amide bonds. The third-order valence-corrected chi connectivity index (χ3v) is 5.65. The maximum Gasteiger partial charge on any atom is 0.252 e. The van der Waals surface area contributed by atoms with Crippen molar-refractivity contribution < 1.29 is 14.3 Å². The first-order valence-electron chi connectivity index (χ1n) is 8.57. The standard InChI is InChI=1S/C19H14Cl2N4O3S/c20-13-7-5-12(6-8-13)15(26)9-24-18(27)11-29-19-23-22-17(25(19)24)10-28-16-4-2-1-3-14(16)21/h1-8H,9-11H2. The second-order valence-electron chi connectivity index (χ2n) is 6.10. The highest BCUT2D eigenvalue weighted by molar-refractivity contribution is 7.99. The first kappa shape index (κ1) is 19.8. The lowest BCUT2D eigenvalue weighted by Gasteiger charge is -2.28. The van der Waals surface area contributed by atoms with Crippen LogP contribution in [0.15, 0.2) is 53.7 Å². The molecule has 10 heteroatoms. The number of nitrogens with zero attached hydrogens (tertiary/aromatic N) is 4. The van der Waals surface area contributed by atoms with Crippen molar-refractivity contribution in [2.24, 2.45) is 0 Å². The Morgan fingerprint density at radius 2 is 1.86 bits per heavy atom. The summed E-state index contributed by atoms with van der Waals surface area (Å²) in [4.78, 5) is 25.2. The molecule has 0 spiro atoms. The predicted octanol–water partition coefficient (Wildman–Crippen LogP) is 3.62. The molecule has 0 unspecified atom stereocenters. The van der Waals surface area contributed by atoms with Crippen LogP contribution < -0.4 is 9.75 Å². The second kappa shape index (κ2) is 8.44. The summed E-state index contributed by atoms with van der Waals surface area (Å²) in [6.07, 6.45) is 0. The third kappa shape index (κ3) is 4.24. The zero-order valence-corrected chi connectivity index (χ0v) is 17.2. The molecular formula is C19H14Cl2N4O3S. The van der Waals surface area contributed by atoms with E-state index in [1.165, 1.54) is 21.4 Å². The number of amides is 1. The fourth-order valence-corrected chi connectivity index (χ4v) is 3.90. The number of aromatic nitrogens is 3. The Bertz CT molecular complexity index is 1070. The number of carbonyl (C=O) groups excluding carboxylic acids is 2. The smallest absolute Gasteiger partial charge is 0.252 e. The molecule has 0 N–H and O–H groups in total. The summed E-state index contributed by atoms with van der Waals surface area (Å²) in [5.74, 6) is 0.620. The van der Waals surface area contributed by atoms with Crippen molar-refractivity contribution in [2.75, 3.05) is 17.3 Å². The van der Waals surface area contributed by atoms with E-state index in [1.54, 1.807) is 48.5 Å². The summed E-state index contributed by atoms with van der Waals surface area (Å²) in [6, 6.07) is 13.6. The van der Waals surface area contributed by atoms with Gasteiger partial charge in [0.2, 0.25) is 5.16 Å². The van der Waals surface area contributed by atoms with Gasteiger partial charge in [-0.05, 0) is 36.4 Å². The van der Waals surface area contributed by atoms with E-state index in [2.05, 4.69) is 10.2 Å². The fraction of sp³-hybridized carbons (Fsp3) is 0.158. The number of hydrogen-bond acceptors (Lipinski definition) is 6. The Balaban J connectivity index is 1.57. The summed E-state index contributed by atoms with van der Waals surface area (Å²) < 4.78 is 7.26. The van der Waals surface area contributed by atoms with Crippen LogP contribution in [-0.2, 0) is 11.4 Å². The molecule has 2 heterocycles. The Morgan fingerprint density at radius 3 is 2.62 bits per heavy atom. The molecular weight excluding hydrogens is 435 g/mol. The van der Waals surface area contributed by atoms with Crippen molar-refractivity contribution in [1.82, 2.24) is 14.9 Å². The van der Waals surface area contributed by atoms with Gasteiger partial charge in [0, 0.05) is 10.6 Å². The normalized spacial score (nSPS) is 13.3. The van der Waals surface area contributed by atoms with Gasteiger partial charge < -0.3 is 4.74 Å². The highest BCUT2D eigenvalue weighted by Gasteiger charge is 2.31. The molecule has 0 fully saturated rings. The number of ether oxygens (including phenoxy) is 1. The molecule has 0 saturated heterocycles. The first-order valence-corrected chi connectivity index (χ1v) is 10.3. The molecule has 29 heavy (non-hydrogen) atoms. The molecule has 7 nitrogen and oxygen atoms in total. The van der Waals surface area contributed by atoms with E-state index in [0.29, 0.717) is 32.3 Å². The van der Waals surface area contributed by atoms with E-state index >= 15 is 0 Å². The number of fused-ring (bicyclic) bond motifs is 1. The van der Waals surface area contributed by atoms with Gasteiger partial charge in [0.1, 0.15) is 18.9 Å². The van der Waals surface area contributed by atoms with Gasteiger partial charge in [-0.25, -0.2) is 9.69 Å². The van der Waals surface area contributed by atoms with Crippen molar-refractivity contribution in [3.05, 3.63) is 70.0 Å². The van der Waals surface area contributed by atoms with E-state index < -0.39 is 0 Å². The molecule has 1 aromatic heterocycles. The van der Waals surface area contributed by atoms with Gasteiger partial charge in [-0.15, -0.1) is 10.2 Å². The number of carbonyl (C=O) groups is 2. The lowest BCUT2D eigenvalue weighted by Crippen LogP contribution is -2.48. The SMILES string of the molecule is O=C(CN1C(=O)CSc2nnc(COc3ccccc3Cl)n21)c1ccc(Cl)cc1. The molecule has 0 bridgehead atoms. The minimum absolute atomic E-state index is 0.0379. The van der Waals surface area contributed by atoms with Crippen LogP contribution in [-0.4, -0.2) is 38.9 Å². The molecule has 0 saturated carbocycles. The van der Waals surface area contributed by atoms with Crippen LogP contribution in [0.25, 0.3) is 0 Å². The van der Waals surface area contributed by atoms with Gasteiger partial charge in [-0.3, -0.25) is 9.59 Å². The Kier molecular flexibility index (Phi) is 5.75. The number of rotatable bonds is 6. The average molecular weight is 449 g/mol. The van der Waals surface area contributed by atoms with Gasteiger partial charge in [0.15, 0.2) is 11.6 Å². The largest absolute Gasteiger partial charge is 0.484 e. The number of para-hydroxylation sites is 1. The number of Topliss-reactive ketones (excluding diaryl/α,β-unsaturated/α-hetero) is 1. The molecule has 0 atom stereocenters. The first-order chi connectivity index (χ1) is 14.0. The molecule has 0 radical (unpaired) electrons. The highest BCUT2D eigenvalue weighted by Crippen LogP contribution is 2.26. The van der Waals surface area contributed by atoms with Crippen LogP contribution in [0.1, 0.15) is 16.2 Å². The summed E-state index contributed by atoms with van der Waals surface area (Å²) in [6.45, 7) is -0.110. The Hall–Kier alpha value is -2.55. The van der Waals surface area contributed by atoms with Gasteiger partial charge in [0.25, 0.3) is 5.91 Å². The monoisotopic (exact) mass is 448 g/mol. The van der Waals surface area contributed by atoms with Gasteiger partial charge in [-0.2, -0.15) is 0 Å². The number of benzene rings is 2. The van der Waals surface area contributed by atoms with Crippen molar-refractivity contribution in [2.45, 2.75) is 11.8 Å². The number of hydrogen-bond donors (Lipinski definition) is 0. The minimum Gasteiger partial charge on any atom is -0.484 e. The molecule has 2 aromatic carbocycles. The molecule has 148 valence electrons. The van der Waals surface area contributed by atoms with E-state index in [9.17, 15) is 9.59 Å². The zero-order valence-electron chi connectivity index (χ0n) is 14.9. The number of halogens is 2. The topological polar surface area (TPSA) is 77.3 Å². The molecule has 1 aliphatic rings. The summed E-state index contributed by atoms with van der Waals surface area (Å²) >= 11 is 13.3. The minimum atomic E-state index is -0.223. The van der Waals surface area contributed by atoms with Crippen molar-refractivity contribution in [1.29, 1.82) is 0 Å². The fourth-order valence-electron chi connectivity index (χ4n) is 2.76. The van der Waals surface area contributed by atoms with E-state index in [0.717, 1.165) is 0 Å². The van der Waals surface area contributed by atoms with Crippen molar-refractivity contribution >= 4 is 46.7 Å². The van der Waals surface area contributed by atoms with Crippen molar-refractivity contribution in [3.8, 4) is 5.75 Å². The van der Waals surface area contributed by atoms with Crippen LogP contribution in [0.4, 0.5) is 0 Å². The second-order valence-corrected chi connectivity index (χ2v) is 7.89. The van der Waals surface area contributed by atoms with Gasteiger partial charge in [0.05, 0.1) is 10.8 Å². The molecule has 3 aromatic rings. The molecule has 1 aliphatic heterocycles. The van der Waals surface area contributed by atoms with E-state index in [-0.39, 0.29) is 30.6 Å². The van der Waals surface area contributed by atoms with E-state index in [1.807, 2.05) is 0 Å². The predicted molar refractivity (Wildman–Crippen MR) is 110 cm³/mol. The summed E-state index contributed by atoms with van der Waals surface area (Å²) in [5, 5.41) is 11.1. The van der Waals surface area contributed by atoms with Crippen LogP contribution in [0, 0.1) is 0 Å². The Morgan fingerprint density at radius 1 is 1.10 bits per heavy atom. The lowest BCUT2D eigenvalue weighted by atomic mass is 10.1. The summed E-state index contributed by atoms with van der Waals surface area (Å²) in [5.41, 5.74) is 0.462. The number of ketones is 1. The highest BCUT2D eigenvalue weighted by atomic mass is 35.5. The van der Waals surface area contributed by atoms with Gasteiger partial charge in [-0.1, -0.05) is 47.1 Å². The summed E-state index contributed by atoms with van der Waals surface area (Å²) in [7, 11) is 0. The zero-order chi connectivity index (χ0) is 20.4. The van der Waals surface area contributed by atoms with Crippen LogP contribution in [0.3, 0.4) is 0 Å². The number of thioether (sulfide) groups is 1. The lowest BCUT2D eigenvalue weighted by molar-refractivity contribution is -0.118. The van der Waals surface area contributed by atoms with Crippen LogP contribution in [0.2, 0.25) is 10.0 Å². The van der Waals surface area contributed by atoms with Crippen LogP contribution in [0.5, 0.6) is 5.75 Å². The quantitative estimate of drug-likeness (QED) is 0.535. The average Bonchev–Trinajstić information content (AvgIpc) is 3.13. The molecule has 0 aliphatic carbocycles. The van der Waals surface area contributed by atoms with Crippen LogP contribution >= 0.6 is 35.0 Å². The third-order valence-electron chi connectivity index (χ3n) is 4.18. The van der Waals surface area contributed by atoms with Crippen molar-refractivity contribution in [3.63, 3.8) is 0 Å². The molecule has 4 rings (SSSR count).